The minimum atomic E-state index is -0.403. The van der Waals surface area contributed by atoms with Gasteiger partial charge in [0.25, 0.3) is 0 Å². The minimum absolute atomic E-state index is 0.0473. The normalized spacial score (nSPS) is 12.6. The summed E-state index contributed by atoms with van der Waals surface area (Å²) < 4.78 is 2.28. The van der Waals surface area contributed by atoms with Crippen LogP contribution in [0.2, 0.25) is 0 Å². The zero-order valence-electron chi connectivity index (χ0n) is 17.7. The lowest BCUT2D eigenvalue weighted by Crippen LogP contribution is -2.11. The van der Waals surface area contributed by atoms with Gasteiger partial charge in [0.15, 0.2) is 5.78 Å². The fourth-order valence-electron chi connectivity index (χ4n) is 3.72. The van der Waals surface area contributed by atoms with E-state index in [1.165, 1.54) is 27.9 Å². The molecule has 0 aliphatic carbocycles. The van der Waals surface area contributed by atoms with Crippen molar-refractivity contribution in [1.29, 1.82) is 0 Å². The van der Waals surface area contributed by atoms with Crippen molar-refractivity contribution in [3.05, 3.63) is 90.2 Å². The molecule has 3 heteroatoms. The molecular formula is C27H27NO2. The summed E-state index contributed by atoms with van der Waals surface area (Å²) in [6.45, 7) is 5.67. The smallest absolute Gasteiger partial charge is 0.159 e. The van der Waals surface area contributed by atoms with Gasteiger partial charge < -0.3 is 9.67 Å². The van der Waals surface area contributed by atoms with Crippen LogP contribution in [0.5, 0.6) is 0 Å². The summed E-state index contributed by atoms with van der Waals surface area (Å²) in [5.74, 6) is 0.0862. The third kappa shape index (κ3) is 3.88. The molecule has 1 N–H and O–H groups in total. The molecule has 0 spiro atoms. The van der Waals surface area contributed by atoms with Crippen molar-refractivity contribution in [3.8, 4) is 5.69 Å². The zero-order valence-corrected chi connectivity index (χ0v) is 17.7. The number of allylic oxidation sites excluding steroid dienone is 2. The molecule has 0 aliphatic heterocycles. The first-order valence-electron chi connectivity index (χ1n) is 10.4. The Morgan fingerprint density at radius 3 is 1.93 bits per heavy atom. The number of carbonyl (C=O) groups is 1. The number of para-hydroxylation sites is 2. The molecular weight excluding hydrogens is 370 g/mol. The number of hydrogen-bond donors (Lipinski definition) is 1. The Labute approximate surface area is 177 Å². The standard InChI is InChI=1S/C27H27NO2/c1-27(2,3)26(30)18-21(29)17-14-19-12-15-20(16-13-19)28-24-10-6-4-8-22(24)23-9-5-7-11-25(23)28/h4-13,15-16,18,30H,14,17H2,1-3H3. The van der Waals surface area contributed by atoms with Crippen LogP contribution < -0.4 is 0 Å². The topological polar surface area (TPSA) is 42.2 Å². The van der Waals surface area contributed by atoms with Gasteiger partial charge in [-0.05, 0) is 36.2 Å². The Morgan fingerprint density at radius 1 is 0.867 bits per heavy atom. The molecule has 4 rings (SSSR count). The van der Waals surface area contributed by atoms with Crippen LogP contribution in [0.15, 0.2) is 84.6 Å². The number of aryl methyl sites for hydroxylation is 1. The van der Waals surface area contributed by atoms with E-state index >= 15 is 0 Å². The number of aromatic nitrogens is 1. The van der Waals surface area contributed by atoms with Gasteiger partial charge in [0.1, 0.15) is 5.76 Å². The Kier molecular flexibility index (Phi) is 5.21. The average Bonchev–Trinajstić information content (AvgIpc) is 3.06. The summed E-state index contributed by atoms with van der Waals surface area (Å²) in [7, 11) is 0. The molecule has 30 heavy (non-hydrogen) atoms. The summed E-state index contributed by atoms with van der Waals surface area (Å²) in [5.41, 5.74) is 4.18. The van der Waals surface area contributed by atoms with E-state index < -0.39 is 5.41 Å². The monoisotopic (exact) mass is 397 g/mol. The number of hydrogen-bond acceptors (Lipinski definition) is 2. The summed E-state index contributed by atoms with van der Waals surface area (Å²) in [6.07, 6.45) is 2.40. The summed E-state index contributed by atoms with van der Waals surface area (Å²) >= 11 is 0. The van der Waals surface area contributed by atoms with Crippen LogP contribution >= 0.6 is 0 Å². The predicted octanol–water partition coefficient (Wildman–Crippen LogP) is 6.77. The number of rotatable bonds is 5. The Hall–Kier alpha value is -3.33. The number of benzene rings is 3. The van der Waals surface area contributed by atoms with Gasteiger partial charge in [-0.2, -0.15) is 0 Å². The first-order valence-corrected chi connectivity index (χ1v) is 10.4. The second-order valence-electron chi connectivity index (χ2n) is 8.78. The molecule has 0 unspecified atom stereocenters. The minimum Gasteiger partial charge on any atom is -0.512 e. The van der Waals surface area contributed by atoms with Gasteiger partial charge in [0, 0.05) is 34.4 Å². The van der Waals surface area contributed by atoms with Gasteiger partial charge in [0.2, 0.25) is 0 Å². The number of fused-ring (bicyclic) bond motifs is 3. The number of aliphatic hydroxyl groups is 1. The van der Waals surface area contributed by atoms with Gasteiger partial charge in [-0.15, -0.1) is 0 Å². The van der Waals surface area contributed by atoms with Gasteiger partial charge >= 0.3 is 0 Å². The van der Waals surface area contributed by atoms with Crippen LogP contribution in [0, 0.1) is 5.41 Å². The van der Waals surface area contributed by atoms with Crippen LogP contribution in [0.4, 0.5) is 0 Å². The maximum atomic E-state index is 12.2. The molecule has 0 amide bonds. The second kappa shape index (κ2) is 7.83. The van der Waals surface area contributed by atoms with Crippen LogP contribution in [0.3, 0.4) is 0 Å². The SMILES string of the molecule is CC(C)(C)C(O)=CC(=O)CCc1ccc(-n2c3ccccc3c3ccccc32)cc1. The van der Waals surface area contributed by atoms with Crippen LogP contribution in [0.25, 0.3) is 27.5 Å². The molecule has 3 nitrogen and oxygen atoms in total. The largest absolute Gasteiger partial charge is 0.512 e. The lowest BCUT2D eigenvalue weighted by atomic mass is 9.92. The third-order valence-corrected chi connectivity index (χ3v) is 5.50. The fourth-order valence-corrected chi connectivity index (χ4v) is 3.72. The number of nitrogens with zero attached hydrogens (tertiary/aromatic N) is 1. The number of aliphatic hydroxyl groups excluding tert-OH is 1. The van der Waals surface area contributed by atoms with E-state index in [0.29, 0.717) is 12.8 Å². The maximum absolute atomic E-state index is 12.2. The van der Waals surface area contributed by atoms with Gasteiger partial charge in [-0.25, -0.2) is 0 Å². The van der Waals surface area contributed by atoms with Crippen molar-refractivity contribution in [2.24, 2.45) is 5.41 Å². The molecule has 0 fully saturated rings. The summed E-state index contributed by atoms with van der Waals surface area (Å²) in [5, 5.41) is 12.5. The van der Waals surface area contributed by atoms with Gasteiger partial charge in [-0.1, -0.05) is 69.3 Å². The highest BCUT2D eigenvalue weighted by atomic mass is 16.3. The first kappa shape index (κ1) is 20.0. The number of ketones is 1. The van der Waals surface area contributed by atoms with Gasteiger partial charge in [0.05, 0.1) is 11.0 Å². The van der Waals surface area contributed by atoms with E-state index in [2.05, 4.69) is 77.4 Å². The Morgan fingerprint density at radius 2 is 1.40 bits per heavy atom. The zero-order chi connectivity index (χ0) is 21.3. The van der Waals surface area contributed by atoms with Crippen molar-refractivity contribution < 1.29 is 9.90 Å². The Bertz CT molecular complexity index is 1180. The molecule has 4 aromatic rings. The van der Waals surface area contributed by atoms with E-state index in [9.17, 15) is 9.90 Å². The molecule has 152 valence electrons. The third-order valence-electron chi connectivity index (χ3n) is 5.50. The van der Waals surface area contributed by atoms with E-state index in [4.69, 9.17) is 0 Å². The molecule has 0 atom stereocenters. The molecule has 0 saturated heterocycles. The highest BCUT2D eigenvalue weighted by Gasteiger charge is 2.17. The van der Waals surface area contributed by atoms with Crippen molar-refractivity contribution in [1.82, 2.24) is 4.57 Å². The van der Waals surface area contributed by atoms with Crippen molar-refractivity contribution in [3.63, 3.8) is 0 Å². The highest BCUT2D eigenvalue weighted by molar-refractivity contribution is 6.09. The predicted molar refractivity (Wildman–Crippen MR) is 124 cm³/mol. The van der Waals surface area contributed by atoms with E-state index in [1.807, 2.05) is 20.8 Å². The van der Waals surface area contributed by atoms with E-state index in [1.54, 1.807) is 0 Å². The Balaban J connectivity index is 1.58. The van der Waals surface area contributed by atoms with Crippen LogP contribution in [-0.2, 0) is 11.2 Å². The fraction of sp³-hybridized carbons (Fsp3) is 0.222. The lowest BCUT2D eigenvalue weighted by molar-refractivity contribution is -0.114. The van der Waals surface area contributed by atoms with E-state index in [0.717, 1.165) is 11.3 Å². The molecule has 0 saturated carbocycles. The second-order valence-corrected chi connectivity index (χ2v) is 8.78. The molecule has 1 aromatic heterocycles. The molecule has 0 aliphatic rings. The highest BCUT2D eigenvalue weighted by Crippen LogP contribution is 2.31. The van der Waals surface area contributed by atoms with E-state index in [-0.39, 0.29) is 11.5 Å². The number of carbonyl (C=O) groups excluding carboxylic acids is 1. The van der Waals surface area contributed by atoms with Crippen LogP contribution in [-0.4, -0.2) is 15.5 Å². The molecule has 3 aromatic carbocycles. The summed E-state index contributed by atoms with van der Waals surface area (Å²) in [6, 6.07) is 25.3. The summed E-state index contributed by atoms with van der Waals surface area (Å²) in [4.78, 5) is 12.2. The quantitative estimate of drug-likeness (QED) is 0.298. The lowest BCUT2D eigenvalue weighted by Gasteiger charge is -2.16. The maximum Gasteiger partial charge on any atom is 0.159 e. The van der Waals surface area contributed by atoms with Crippen LogP contribution in [0.1, 0.15) is 32.8 Å². The van der Waals surface area contributed by atoms with Crippen molar-refractivity contribution in [2.75, 3.05) is 0 Å². The van der Waals surface area contributed by atoms with Crippen molar-refractivity contribution >= 4 is 27.6 Å². The molecule has 0 bridgehead atoms. The average molecular weight is 398 g/mol. The van der Waals surface area contributed by atoms with Gasteiger partial charge in [-0.3, -0.25) is 4.79 Å². The molecule has 0 radical (unpaired) electrons. The first-order chi connectivity index (χ1) is 14.3. The van der Waals surface area contributed by atoms with Crippen molar-refractivity contribution in [2.45, 2.75) is 33.6 Å². The molecule has 1 heterocycles.